The van der Waals surface area contributed by atoms with Crippen LogP contribution in [0.25, 0.3) is 11.3 Å². The zero-order valence-electron chi connectivity index (χ0n) is 12.5. The molecule has 4 heteroatoms. The van der Waals surface area contributed by atoms with Gasteiger partial charge in [-0.3, -0.25) is 5.10 Å². The summed E-state index contributed by atoms with van der Waals surface area (Å²) in [7, 11) is 3.84. The number of H-pyrrole nitrogens is 1. The highest BCUT2D eigenvalue weighted by Gasteiger charge is 2.10. The van der Waals surface area contributed by atoms with E-state index in [1.807, 2.05) is 24.4 Å². The zero-order valence-corrected chi connectivity index (χ0v) is 12.5. The molecule has 1 heterocycles. The summed E-state index contributed by atoms with van der Waals surface area (Å²) < 4.78 is 5.28. The molecule has 0 atom stereocenters. The standard InChI is InChI=1S/C16H23N3O/c1-4-5-9-19(2)12-14-11-17-18-16(14)13-7-6-8-15(10-13)20-3/h6-8,10-11H,4-5,9,12H2,1-3H3,(H,17,18). The number of nitrogens with one attached hydrogen (secondary N) is 1. The number of methoxy groups -OCH3 is 1. The minimum atomic E-state index is 0.863. The molecule has 0 bridgehead atoms. The Balaban J connectivity index is 2.15. The first-order valence-electron chi connectivity index (χ1n) is 7.09. The van der Waals surface area contributed by atoms with Crippen molar-refractivity contribution in [2.24, 2.45) is 0 Å². The lowest BCUT2D eigenvalue weighted by Crippen LogP contribution is -2.19. The SMILES string of the molecule is CCCCN(C)Cc1cn[nH]c1-c1cccc(OC)c1. The molecule has 0 unspecified atom stereocenters. The lowest BCUT2D eigenvalue weighted by molar-refractivity contribution is 0.321. The number of ether oxygens (including phenoxy) is 1. The van der Waals surface area contributed by atoms with E-state index in [2.05, 4.69) is 35.1 Å². The molecule has 108 valence electrons. The van der Waals surface area contributed by atoms with Gasteiger partial charge in [-0.05, 0) is 32.1 Å². The largest absolute Gasteiger partial charge is 0.497 e. The van der Waals surface area contributed by atoms with Crippen LogP contribution in [0.1, 0.15) is 25.3 Å². The van der Waals surface area contributed by atoms with Gasteiger partial charge >= 0.3 is 0 Å². The van der Waals surface area contributed by atoms with E-state index >= 15 is 0 Å². The van der Waals surface area contributed by atoms with Gasteiger partial charge < -0.3 is 9.64 Å². The Morgan fingerprint density at radius 2 is 2.20 bits per heavy atom. The first-order chi connectivity index (χ1) is 9.74. The smallest absolute Gasteiger partial charge is 0.119 e. The molecule has 0 amide bonds. The number of aromatic nitrogens is 2. The van der Waals surface area contributed by atoms with Gasteiger partial charge in [0, 0.05) is 17.7 Å². The number of hydrogen-bond acceptors (Lipinski definition) is 3. The third kappa shape index (κ3) is 3.61. The fraction of sp³-hybridized carbons (Fsp3) is 0.438. The van der Waals surface area contributed by atoms with Gasteiger partial charge in [0.2, 0.25) is 0 Å². The molecule has 0 aliphatic rings. The number of nitrogens with zero attached hydrogens (tertiary/aromatic N) is 2. The van der Waals surface area contributed by atoms with Crippen LogP contribution in [0.4, 0.5) is 0 Å². The topological polar surface area (TPSA) is 41.2 Å². The van der Waals surface area contributed by atoms with Gasteiger partial charge in [0.15, 0.2) is 0 Å². The molecule has 1 aromatic carbocycles. The van der Waals surface area contributed by atoms with Crippen LogP contribution in [0, 0.1) is 0 Å². The minimum Gasteiger partial charge on any atom is -0.497 e. The summed E-state index contributed by atoms with van der Waals surface area (Å²) in [6.07, 6.45) is 4.36. The van der Waals surface area contributed by atoms with Crippen LogP contribution >= 0.6 is 0 Å². The average Bonchev–Trinajstić information content (AvgIpc) is 2.93. The molecule has 2 aromatic rings. The van der Waals surface area contributed by atoms with E-state index in [1.54, 1.807) is 7.11 Å². The van der Waals surface area contributed by atoms with Crippen molar-refractivity contribution in [1.82, 2.24) is 15.1 Å². The molecule has 0 saturated carbocycles. The molecule has 0 saturated heterocycles. The number of rotatable bonds is 7. The highest BCUT2D eigenvalue weighted by molar-refractivity contribution is 5.64. The molecule has 20 heavy (non-hydrogen) atoms. The predicted molar refractivity (Wildman–Crippen MR) is 81.8 cm³/mol. The molecule has 0 radical (unpaired) electrons. The predicted octanol–water partition coefficient (Wildman–Crippen LogP) is 3.32. The van der Waals surface area contributed by atoms with Crippen LogP contribution in [-0.2, 0) is 6.54 Å². The number of hydrogen-bond donors (Lipinski definition) is 1. The third-order valence-electron chi connectivity index (χ3n) is 3.41. The Labute approximate surface area is 120 Å². The Morgan fingerprint density at radius 1 is 1.35 bits per heavy atom. The Morgan fingerprint density at radius 3 is 2.95 bits per heavy atom. The van der Waals surface area contributed by atoms with Crippen molar-refractivity contribution >= 4 is 0 Å². The Hall–Kier alpha value is -1.81. The lowest BCUT2D eigenvalue weighted by atomic mass is 10.1. The Bertz CT molecular complexity index is 536. The molecule has 1 aromatic heterocycles. The van der Waals surface area contributed by atoms with Crippen LogP contribution in [0.2, 0.25) is 0 Å². The van der Waals surface area contributed by atoms with E-state index in [4.69, 9.17) is 4.74 Å². The van der Waals surface area contributed by atoms with Gasteiger partial charge in [-0.1, -0.05) is 25.5 Å². The molecule has 2 rings (SSSR count). The molecule has 0 aliphatic carbocycles. The maximum Gasteiger partial charge on any atom is 0.119 e. The molecule has 1 N–H and O–H groups in total. The van der Waals surface area contributed by atoms with Gasteiger partial charge in [0.1, 0.15) is 5.75 Å². The van der Waals surface area contributed by atoms with Crippen molar-refractivity contribution in [2.45, 2.75) is 26.3 Å². The van der Waals surface area contributed by atoms with Crippen molar-refractivity contribution in [3.8, 4) is 17.0 Å². The van der Waals surface area contributed by atoms with Gasteiger partial charge in [-0.25, -0.2) is 0 Å². The molecular weight excluding hydrogens is 250 g/mol. The van der Waals surface area contributed by atoms with Crippen LogP contribution in [0.15, 0.2) is 30.5 Å². The van der Waals surface area contributed by atoms with E-state index < -0.39 is 0 Å². The second kappa shape index (κ2) is 7.10. The van der Waals surface area contributed by atoms with Crippen molar-refractivity contribution < 1.29 is 4.74 Å². The van der Waals surface area contributed by atoms with E-state index in [0.717, 1.165) is 30.1 Å². The second-order valence-electron chi connectivity index (χ2n) is 5.09. The monoisotopic (exact) mass is 273 g/mol. The van der Waals surface area contributed by atoms with Crippen LogP contribution in [-0.4, -0.2) is 35.8 Å². The van der Waals surface area contributed by atoms with Gasteiger partial charge in [-0.15, -0.1) is 0 Å². The summed E-state index contributed by atoms with van der Waals surface area (Å²) in [4.78, 5) is 2.33. The fourth-order valence-corrected chi connectivity index (χ4v) is 2.26. The molecule has 0 spiro atoms. The number of unbranched alkanes of at least 4 members (excludes halogenated alkanes) is 1. The average molecular weight is 273 g/mol. The molecule has 0 fully saturated rings. The summed E-state index contributed by atoms with van der Waals surface area (Å²) in [6, 6.07) is 8.06. The van der Waals surface area contributed by atoms with E-state index in [-0.39, 0.29) is 0 Å². The van der Waals surface area contributed by atoms with E-state index in [9.17, 15) is 0 Å². The Kier molecular flexibility index (Phi) is 5.18. The number of aromatic amines is 1. The lowest BCUT2D eigenvalue weighted by Gasteiger charge is -2.16. The summed E-state index contributed by atoms with van der Waals surface area (Å²) in [6.45, 7) is 4.23. The zero-order chi connectivity index (χ0) is 14.4. The first kappa shape index (κ1) is 14.6. The third-order valence-corrected chi connectivity index (χ3v) is 3.41. The quantitative estimate of drug-likeness (QED) is 0.841. The van der Waals surface area contributed by atoms with Crippen molar-refractivity contribution in [3.05, 3.63) is 36.0 Å². The highest BCUT2D eigenvalue weighted by atomic mass is 16.5. The molecular formula is C16H23N3O. The summed E-state index contributed by atoms with van der Waals surface area (Å²) in [5.74, 6) is 0.863. The minimum absolute atomic E-state index is 0.863. The van der Waals surface area contributed by atoms with Crippen LogP contribution in [0.3, 0.4) is 0 Å². The van der Waals surface area contributed by atoms with Crippen LogP contribution < -0.4 is 4.74 Å². The highest BCUT2D eigenvalue weighted by Crippen LogP contribution is 2.25. The van der Waals surface area contributed by atoms with Crippen molar-refractivity contribution in [3.63, 3.8) is 0 Å². The normalized spacial score (nSPS) is 11.0. The summed E-state index contributed by atoms with van der Waals surface area (Å²) >= 11 is 0. The van der Waals surface area contributed by atoms with Crippen molar-refractivity contribution in [1.29, 1.82) is 0 Å². The van der Waals surface area contributed by atoms with Gasteiger partial charge in [0.25, 0.3) is 0 Å². The van der Waals surface area contributed by atoms with Gasteiger partial charge in [0.05, 0.1) is 19.0 Å². The molecule has 0 aliphatic heterocycles. The maximum absolute atomic E-state index is 5.28. The van der Waals surface area contributed by atoms with E-state index in [1.165, 1.54) is 18.4 Å². The fourth-order valence-electron chi connectivity index (χ4n) is 2.26. The van der Waals surface area contributed by atoms with Gasteiger partial charge in [-0.2, -0.15) is 5.10 Å². The van der Waals surface area contributed by atoms with E-state index in [0.29, 0.717) is 0 Å². The maximum atomic E-state index is 5.28. The molecule has 4 nitrogen and oxygen atoms in total. The van der Waals surface area contributed by atoms with Crippen LogP contribution in [0.5, 0.6) is 5.75 Å². The summed E-state index contributed by atoms with van der Waals surface area (Å²) in [5.41, 5.74) is 3.41. The van der Waals surface area contributed by atoms with Crippen molar-refractivity contribution in [2.75, 3.05) is 20.7 Å². The second-order valence-corrected chi connectivity index (χ2v) is 5.09. The summed E-state index contributed by atoms with van der Waals surface area (Å²) in [5, 5.41) is 7.30. The number of benzene rings is 1. The first-order valence-corrected chi connectivity index (χ1v) is 7.09.